The highest BCUT2D eigenvalue weighted by atomic mass is 16.2. The lowest BCUT2D eigenvalue weighted by Crippen LogP contribution is -2.48. The predicted octanol–water partition coefficient (Wildman–Crippen LogP) is 7.04. The van der Waals surface area contributed by atoms with Gasteiger partial charge in [0, 0.05) is 37.4 Å². The Morgan fingerprint density at radius 1 is 0.919 bits per heavy atom. The van der Waals surface area contributed by atoms with Crippen molar-refractivity contribution in [1.82, 2.24) is 14.4 Å². The molecule has 3 rings (SSSR count). The fourth-order valence-electron chi connectivity index (χ4n) is 5.50. The molecule has 0 unspecified atom stereocenters. The molecule has 37 heavy (non-hydrogen) atoms. The zero-order chi connectivity index (χ0) is 26.5. The summed E-state index contributed by atoms with van der Waals surface area (Å²) in [5.74, 6) is 0.567. The monoisotopic (exact) mass is 507 g/mol. The molecule has 5 nitrogen and oxygen atoms in total. The Bertz CT molecular complexity index is 931. The van der Waals surface area contributed by atoms with Crippen LogP contribution in [0.25, 0.3) is 0 Å². The molecule has 1 aliphatic rings. The molecule has 2 aromatic rings. The van der Waals surface area contributed by atoms with Crippen LogP contribution < -0.4 is 0 Å². The lowest BCUT2D eigenvalue weighted by atomic mass is 9.94. The molecular weight excluding hydrogens is 458 g/mol. The summed E-state index contributed by atoms with van der Waals surface area (Å²) in [6.45, 7) is 8.70. The maximum atomic E-state index is 13.9. The van der Waals surface area contributed by atoms with E-state index in [4.69, 9.17) is 0 Å². The van der Waals surface area contributed by atoms with Crippen molar-refractivity contribution in [3.8, 4) is 0 Å². The summed E-state index contributed by atoms with van der Waals surface area (Å²) in [7, 11) is 0. The number of carbonyl (C=O) groups excluding carboxylic acids is 2. The number of nitrogens with zero attached hydrogens (tertiary/aromatic N) is 3. The maximum Gasteiger partial charge on any atom is 0.242 e. The molecule has 1 aromatic heterocycles. The van der Waals surface area contributed by atoms with Gasteiger partial charge in [-0.2, -0.15) is 0 Å². The van der Waals surface area contributed by atoms with Crippen molar-refractivity contribution in [2.75, 3.05) is 13.1 Å². The first-order valence-corrected chi connectivity index (χ1v) is 14.7. The van der Waals surface area contributed by atoms with E-state index in [9.17, 15) is 9.59 Å². The molecular formula is C32H49N3O2. The van der Waals surface area contributed by atoms with Gasteiger partial charge in [0.05, 0.1) is 13.1 Å². The molecule has 0 N–H and O–H groups in total. The van der Waals surface area contributed by atoms with E-state index in [0.717, 1.165) is 37.9 Å². The van der Waals surface area contributed by atoms with Gasteiger partial charge >= 0.3 is 0 Å². The SMILES string of the molecule is CCCCCCCC(=O)N(CC(=O)N(Cc1cccn1Cc1ccccc1)C1CCCCC1)CC(C)C. The van der Waals surface area contributed by atoms with Gasteiger partial charge in [0.1, 0.15) is 0 Å². The third-order valence-electron chi connectivity index (χ3n) is 7.55. The molecule has 2 amide bonds. The summed E-state index contributed by atoms with van der Waals surface area (Å²) in [6.07, 6.45) is 14.0. The third-order valence-corrected chi connectivity index (χ3v) is 7.55. The average molecular weight is 508 g/mol. The standard InChI is InChI=1S/C32H49N3O2/c1-4-5-6-7-14-21-31(36)34(23-27(2)3)26-32(37)35(29-18-12-9-13-19-29)25-30-20-15-22-33(30)24-28-16-10-8-11-17-28/h8,10-11,15-17,20,22,27,29H,4-7,9,12-14,18-19,21,23-26H2,1-3H3. The molecule has 0 spiro atoms. The van der Waals surface area contributed by atoms with Crippen LogP contribution in [0.4, 0.5) is 0 Å². The highest BCUT2D eigenvalue weighted by Gasteiger charge is 2.29. The fraction of sp³-hybridized carbons (Fsp3) is 0.625. The van der Waals surface area contributed by atoms with Crippen LogP contribution >= 0.6 is 0 Å². The van der Waals surface area contributed by atoms with Gasteiger partial charge in [0.15, 0.2) is 0 Å². The quantitative estimate of drug-likeness (QED) is 0.243. The second-order valence-electron chi connectivity index (χ2n) is 11.3. The van der Waals surface area contributed by atoms with E-state index in [0.29, 0.717) is 25.4 Å². The summed E-state index contributed by atoms with van der Waals surface area (Å²) in [4.78, 5) is 31.0. The Balaban J connectivity index is 1.71. The molecule has 1 aromatic carbocycles. The minimum Gasteiger partial charge on any atom is -0.345 e. The molecule has 0 radical (unpaired) electrons. The summed E-state index contributed by atoms with van der Waals surface area (Å²) in [6, 6.07) is 14.9. The van der Waals surface area contributed by atoms with E-state index < -0.39 is 0 Å². The van der Waals surface area contributed by atoms with Crippen molar-refractivity contribution >= 4 is 11.8 Å². The number of carbonyl (C=O) groups is 2. The number of unbranched alkanes of at least 4 members (excludes halogenated alkanes) is 4. The van der Waals surface area contributed by atoms with E-state index in [1.807, 2.05) is 11.0 Å². The van der Waals surface area contributed by atoms with Crippen molar-refractivity contribution in [3.05, 3.63) is 59.9 Å². The van der Waals surface area contributed by atoms with Gasteiger partial charge in [-0.3, -0.25) is 9.59 Å². The molecule has 1 aliphatic carbocycles. The minimum atomic E-state index is 0.0966. The van der Waals surface area contributed by atoms with Crippen LogP contribution in [0, 0.1) is 5.92 Å². The predicted molar refractivity (Wildman–Crippen MR) is 152 cm³/mol. The van der Waals surface area contributed by atoms with Crippen LogP contribution in [0.5, 0.6) is 0 Å². The second kappa shape index (κ2) is 15.6. The van der Waals surface area contributed by atoms with Crippen molar-refractivity contribution in [1.29, 1.82) is 0 Å². The van der Waals surface area contributed by atoms with Crippen molar-refractivity contribution in [2.24, 2.45) is 5.92 Å². The van der Waals surface area contributed by atoms with E-state index in [1.54, 1.807) is 0 Å². The molecule has 0 saturated heterocycles. The Labute approximate surface area is 225 Å². The smallest absolute Gasteiger partial charge is 0.242 e. The normalized spacial score (nSPS) is 14.2. The van der Waals surface area contributed by atoms with Crippen molar-refractivity contribution in [2.45, 2.75) is 111 Å². The first-order chi connectivity index (χ1) is 18.0. The fourth-order valence-corrected chi connectivity index (χ4v) is 5.50. The summed E-state index contributed by atoms with van der Waals surface area (Å²) in [5, 5.41) is 0. The number of hydrogen-bond acceptors (Lipinski definition) is 2. The highest BCUT2D eigenvalue weighted by Crippen LogP contribution is 2.25. The third kappa shape index (κ3) is 9.68. The number of amides is 2. The van der Waals surface area contributed by atoms with Crippen LogP contribution in [-0.2, 0) is 22.7 Å². The number of aromatic nitrogens is 1. The van der Waals surface area contributed by atoms with Crippen LogP contribution in [0.1, 0.15) is 103 Å². The zero-order valence-electron chi connectivity index (χ0n) is 23.5. The number of benzene rings is 1. The van der Waals surface area contributed by atoms with Crippen LogP contribution in [0.2, 0.25) is 0 Å². The average Bonchev–Trinajstić information content (AvgIpc) is 3.33. The molecule has 5 heteroatoms. The lowest BCUT2D eigenvalue weighted by molar-refractivity contribution is -0.143. The van der Waals surface area contributed by atoms with Crippen LogP contribution in [-0.4, -0.2) is 45.3 Å². The lowest BCUT2D eigenvalue weighted by Gasteiger charge is -2.36. The Morgan fingerprint density at radius 2 is 1.65 bits per heavy atom. The zero-order valence-corrected chi connectivity index (χ0v) is 23.5. The Morgan fingerprint density at radius 3 is 2.35 bits per heavy atom. The molecule has 1 saturated carbocycles. The first kappa shape index (κ1) is 29.0. The maximum absolute atomic E-state index is 13.9. The second-order valence-corrected chi connectivity index (χ2v) is 11.3. The first-order valence-electron chi connectivity index (χ1n) is 14.7. The van der Waals surface area contributed by atoms with E-state index in [2.05, 4.69) is 72.8 Å². The summed E-state index contributed by atoms with van der Waals surface area (Å²) < 4.78 is 2.26. The largest absolute Gasteiger partial charge is 0.345 e. The van der Waals surface area contributed by atoms with Gasteiger partial charge < -0.3 is 14.4 Å². The number of hydrogen-bond donors (Lipinski definition) is 0. The topological polar surface area (TPSA) is 45.6 Å². The molecule has 204 valence electrons. The molecule has 0 aliphatic heterocycles. The van der Waals surface area contributed by atoms with Crippen LogP contribution in [0.15, 0.2) is 48.7 Å². The van der Waals surface area contributed by atoms with E-state index in [1.165, 1.54) is 44.1 Å². The van der Waals surface area contributed by atoms with Crippen LogP contribution in [0.3, 0.4) is 0 Å². The molecule has 0 bridgehead atoms. The van der Waals surface area contributed by atoms with Gasteiger partial charge in [-0.15, -0.1) is 0 Å². The van der Waals surface area contributed by atoms with Gasteiger partial charge in [-0.1, -0.05) is 96.0 Å². The number of rotatable bonds is 15. The summed E-state index contributed by atoms with van der Waals surface area (Å²) >= 11 is 0. The molecule has 1 heterocycles. The minimum absolute atomic E-state index is 0.0966. The Hall–Kier alpha value is -2.56. The molecule has 0 atom stereocenters. The highest BCUT2D eigenvalue weighted by molar-refractivity contribution is 5.85. The van der Waals surface area contributed by atoms with Gasteiger partial charge in [0.25, 0.3) is 0 Å². The van der Waals surface area contributed by atoms with Crippen molar-refractivity contribution in [3.63, 3.8) is 0 Å². The Kier molecular flexibility index (Phi) is 12.3. The summed E-state index contributed by atoms with van der Waals surface area (Å²) in [5.41, 5.74) is 2.41. The molecule has 1 fully saturated rings. The van der Waals surface area contributed by atoms with E-state index in [-0.39, 0.29) is 24.4 Å². The van der Waals surface area contributed by atoms with Crippen molar-refractivity contribution < 1.29 is 9.59 Å². The van der Waals surface area contributed by atoms with Gasteiger partial charge in [-0.05, 0) is 42.9 Å². The van der Waals surface area contributed by atoms with Gasteiger partial charge in [-0.25, -0.2) is 0 Å². The van der Waals surface area contributed by atoms with E-state index >= 15 is 0 Å². The van der Waals surface area contributed by atoms with Gasteiger partial charge in [0.2, 0.25) is 11.8 Å².